The highest BCUT2D eigenvalue weighted by molar-refractivity contribution is 7.92. The molecule has 4 N–H and O–H groups in total. The van der Waals surface area contributed by atoms with Gasteiger partial charge in [-0.15, -0.1) is 0 Å². The van der Waals surface area contributed by atoms with Gasteiger partial charge in [0.15, 0.2) is 9.84 Å². The summed E-state index contributed by atoms with van der Waals surface area (Å²) in [5.74, 6) is -0.457. The molecular weight excluding hydrogens is 427 g/mol. The molecule has 0 radical (unpaired) electrons. The normalized spacial score (nSPS) is 19.4. The molecule has 0 bridgehead atoms. The fraction of sp³-hybridized carbons (Fsp3) is 0.381. The van der Waals surface area contributed by atoms with E-state index in [1.54, 1.807) is 41.9 Å². The third kappa shape index (κ3) is 4.78. The van der Waals surface area contributed by atoms with Gasteiger partial charge in [0.05, 0.1) is 12.3 Å². The average molecular weight is 453 g/mol. The number of aliphatic hydroxyl groups excluding tert-OH is 2. The maximum Gasteiger partial charge on any atom is 0.156 e. The van der Waals surface area contributed by atoms with Gasteiger partial charge in [0.2, 0.25) is 0 Å². The fourth-order valence-corrected chi connectivity index (χ4v) is 4.43. The third-order valence-electron chi connectivity index (χ3n) is 5.66. The third-order valence-corrected chi connectivity index (χ3v) is 7.75. The van der Waals surface area contributed by atoms with Crippen LogP contribution in [0.5, 0.6) is 0 Å². The zero-order valence-corrected chi connectivity index (χ0v) is 17.9. The fourth-order valence-electron chi connectivity index (χ4n) is 3.48. The first-order valence-corrected chi connectivity index (χ1v) is 11.5. The Morgan fingerprint density at radius 1 is 1.26 bits per heavy atom. The van der Waals surface area contributed by atoms with E-state index in [4.69, 9.17) is 15.2 Å². The first-order valence-electron chi connectivity index (χ1n) is 9.59. The Bertz CT molecular complexity index is 1070. The van der Waals surface area contributed by atoms with Gasteiger partial charge in [0.1, 0.15) is 22.9 Å². The standard InChI is InChI=1S/C21H25FN2O6S/c1-21(20(26)23-27,31(2,28)29)11-16-10-19(24-30-16)15-7-8-17(18(22)9-15)14-5-3-13(12-25)4-6-14/h3-9,16,20,23,25-27H,10-12H2,1-2H3/t16-,20?,21-/m1/s1. The van der Waals surface area contributed by atoms with Crippen LogP contribution in [0.4, 0.5) is 4.39 Å². The number of benzene rings is 2. The van der Waals surface area contributed by atoms with Crippen LogP contribution >= 0.6 is 0 Å². The van der Waals surface area contributed by atoms with Crippen LogP contribution in [0.2, 0.25) is 0 Å². The molecule has 1 unspecified atom stereocenters. The lowest BCUT2D eigenvalue weighted by molar-refractivity contribution is -0.0355. The molecule has 1 heterocycles. The molecule has 0 amide bonds. The summed E-state index contributed by atoms with van der Waals surface area (Å²) in [5, 5.41) is 32.1. The molecule has 8 nitrogen and oxygen atoms in total. The van der Waals surface area contributed by atoms with E-state index in [1.165, 1.54) is 13.0 Å². The lowest BCUT2D eigenvalue weighted by atomic mass is 9.95. The Balaban J connectivity index is 1.76. The van der Waals surface area contributed by atoms with Crippen LogP contribution < -0.4 is 5.48 Å². The minimum Gasteiger partial charge on any atom is -0.392 e. The van der Waals surface area contributed by atoms with Crippen LogP contribution in [-0.4, -0.2) is 52.9 Å². The van der Waals surface area contributed by atoms with Crippen LogP contribution in [0.15, 0.2) is 47.6 Å². The molecule has 0 saturated carbocycles. The Hall–Kier alpha value is -2.37. The van der Waals surface area contributed by atoms with Crippen LogP contribution in [-0.2, 0) is 21.3 Å². The molecule has 3 atom stereocenters. The van der Waals surface area contributed by atoms with Crippen molar-refractivity contribution in [2.24, 2.45) is 5.16 Å². The number of rotatable bonds is 8. The molecule has 1 aliphatic rings. The van der Waals surface area contributed by atoms with Crippen LogP contribution in [0.3, 0.4) is 0 Å². The molecule has 0 aliphatic carbocycles. The van der Waals surface area contributed by atoms with E-state index in [0.717, 1.165) is 11.8 Å². The Morgan fingerprint density at radius 2 is 1.90 bits per heavy atom. The Kier molecular flexibility index (Phi) is 6.77. The lowest BCUT2D eigenvalue weighted by Crippen LogP contribution is -2.54. The maximum absolute atomic E-state index is 14.8. The zero-order chi connectivity index (χ0) is 22.8. The summed E-state index contributed by atoms with van der Waals surface area (Å²) in [6, 6.07) is 11.5. The second-order valence-corrected chi connectivity index (χ2v) is 10.3. The van der Waals surface area contributed by atoms with Gasteiger partial charge < -0.3 is 20.3 Å². The van der Waals surface area contributed by atoms with Crippen molar-refractivity contribution in [2.75, 3.05) is 6.26 Å². The van der Waals surface area contributed by atoms with Gasteiger partial charge >= 0.3 is 0 Å². The van der Waals surface area contributed by atoms with Crippen molar-refractivity contribution in [1.29, 1.82) is 0 Å². The molecule has 2 aromatic rings. The molecule has 168 valence electrons. The van der Waals surface area contributed by atoms with Crippen LogP contribution in [0.1, 0.15) is 30.9 Å². The van der Waals surface area contributed by atoms with E-state index in [9.17, 15) is 17.9 Å². The number of hydrogen-bond acceptors (Lipinski definition) is 8. The molecule has 3 rings (SSSR count). The van der Waals surface area contributed by atoms with Crippen LogP contribution in [0, 0.1) is 5.82 Å². The SMILES string of the molecule is C[C@@](C[C@H]1CC(c2ccc(-c3ccc(CO)cc3)c(F)c2)=NO1)(C(O)NO)S(C)(=O)=O. The van der Waals surface area contributed by atoms with Crippen molar-refractivity contribution < 1.29 is 33.1 Å². The minimum absolute atomic E-state index is 0.0908. The van der Waals surface area contributed by atoms with Gasteiger partial charge in [-0.3, -0.25) is 0 Å². The lowest BCUT2D eigenvalue weighted by Gasteiger charge is -2.32. The number of hydroxylamine groups is 1. The number of halogens is 1. The number of nitrogens with zero attached hydrogens (tertiary/aromatic N) is 1. The highest BCUT2D eigenvalue weighted by Crippen LogP contribution is 2.32. The van der Waals surface area contributed by atoms with Crippen molar-refractivity contribution in [3.8, 4) is 11.1 Å². The topological polar surface area (TPSA) is 128 Å². The van der Waals surface area contributed by atoms with Gasteiger partial charge in [0.25, 0.3) is 0 Å². The molecule has 10 heteroatoms. The summed E-state index contributed by atoms with van der Waals surface area (Å²) in [6.07, 6.45) is -1.35. The van der Waals surface area contributed by atoms with Crippen LogP contribution in [0.25, 0.3) is 11.1 Å². The summed E-state index contributed by atoms with van der Waals surface area (Å²) < 4.78 is 37.4. The average Bonchev–Trinajstić information content (AvgIpc) is 3.20. The predicted octanol–water partition coefficient (Wildman–Crippen LogP) is 1.97. The first-order chi connectivity index (χ1) is 14.6. The second-order valence-electron chi connectivity index (χ2n) is 7.84. The van der Waals surface area contributed by atoms with E-state index < -0.39 is 32.7 Å². The van der Waals surface area contributed by atoms with Gasteiger partial charge in [-0.2, -0.15) is 5.48 Å². The minimum atomic E-state index is -3.77. The number of nitrogens with one attached hydrogen (secondary N) is 1. The van der Waals surface area contributed by atoms with Crippen molar-refractivity contribution in [3.63, 3.8) is 0 Å². The summed E-state index contributed by atoms with van der Waals surface area (Å²) in [4.78, 5) is 5.34. The quantitative estimate of drug-likeness (QED) is 0.356. The van der Waals surface area contributed by atoms with Crippen molar-refractivity contribution in [3.05, 3.63) is 59.4 Å². The number of sulfone groups is 1. The van der Waals surface area contributed by atoms with E-state index in [2.05, 4.69) is 5.16 Å². The predicted molar refractivity (Wildman–Crippen MR) is 113 cm³/mol. The number of aliphatic hydroxyl groups is 2. The largest absolute Gasteiger partial charge is 0.392 e. The van der Waals surface area contributed by atoms with E-state index in [-0.39, 0.29) is 19.4 Å². The van der Waals surface area contributed by atoms with E-state index in [1.807, 2.05) is 0 Å². The van der Waals surface area contributed by atoms with Gasteiger partial charge in [0, 0.05) is 30.2 Å². The van der Waals surface area contributed by atoms with Crippen molar-refractivity contribution >= 4 is 15.5 Å². The summed E-state index contributed by atoms with van der Waals surface area (Å²) in [7, 11) is -3.77. The molecule has 2 aromatic carbocycles. The smallest absolute Gasteiger partial charge is 0.156 e. The first kappa shape index (κ1) is 23.3. The Morgan fingerprint density at radius 3 is 2.45 bits per heavy atom. The number of oxime groups is 1. The molecule has 31 heavy (non-hydrogen) atoms. The highest BCUT2D eigenvalue weighted by Gasteiger charge is 2.46. The van der Waals surface area contributed by atoms with Gasteiger partial charge in [-0.05, 0) is 24.1 Å². The molecular formula is C21H25FN2O6S. The highest BCUT2D eigenvalue weighted by atomic mass is 32.2. The van der Waals surface area contributed by atoms with E-state index in [0.29, 0.717) is 22.4 Å². The Labute approximate surface area is 179 Å². The second kappa shape index (κ2) is 9.01. The molecule has 0 fully saturated rings. The van der Waals surface area contributed by atoms with Crippen molar-refractivity contribution in [1.82, 2.24) is 5.48 Å². The maximum atomic E-state index is 14.8. The van der Waals surface area contributed by atoms with E-state index >= 15 is 0 Å². The molecule has 1 aliphatic heterocycles. The van der Waals surface area contributed by atoms with Crippen molar-refractivity contribution in [2.45, 2.75) is 43.5 Å². The molecule has 0 spiro atoms. The van der Waals surface area contributed by atoms with Gasteiger partial charge in [-0.25, -0.2) is 12.8 Å². The monoisotopic (exact) mass is 452 g/mol. The zero-order valence-electron chi connectivity index (χ0n) is 17.1. The summed E-state index contributed by atoms with van der Waals surface area (Å²) in [6.45, 7) is 1.21. The summed E-state index contributed by atoms with van der Waals surface area (Å²) >= 11 is 0. The summed E-state index contributed by atoms with van der Waals surface area (Å²) in [5.41, 5.74) is 4.32. The number of hydrogen-bond donors (Lipinski definition) is 4. The van der Waals surface area contributed by atoms with Gasteiger partial charge in [-0.1, -0.05) is 41.6 Å². The molecule has 0 aromatic heterocycles. The molecule has 0 saturated heterocycles.